The standard InChI is InChI=1S/C15H30N2O/c1-11(15(3,4)5)10-14(18)17-8-6-13(7-9-17)12(2)16/h11-13H,6-10,16H2,1-5H3. The number of likely N-dealkylation sites (tertiary alicyclic amines) is 1. The van der Waals surface area contributed by atoms with Crippen LogP contribution in [0.15, 0.2) is 0 Å². The molecule has 1 aliphatic rings. The molecule has 0 aromatic heterocycles. The maximum atomic E-state index is 12.2. The molecule has 1 heterocycles. The first kappa shape index (κ1) is 15.5. The molecule has 3 nitrogen and oxygen atoms in total. The Labute approximate surface area is 112 Å². The van der Waals surface area contributed by atoms with Gasteiger partial charge in [-0.3, -0.25) is 4.79 Å². The number of nitrogens with two attached hydrogens (primary N) is 1. The summed E-state index contributed by atoms with van der Waals surface area (Å²) in [5, 5.41) is 0. The zero-order chi connectivity index (χ0) is 13.9. The van der Waals surface area contributed by atoms with Gasteiger partial charge in [0, 0.05) is 25.6 Å². The highest BCUT2D eigenvalue weighted by atomic mass is 16.2. The Hall–Kier alpha value is -0.570. The van der Waals surface area contributed by atoms with Crippen LogP contribution in [-0.4, -0.2) is 29.9 Å². The van der Waals surface area contributed by atoms with Gasteiger partial charge >= 0.3 is 0 Å². The molecular weight excluding hydrogens is 224 g/mol. The number of hydrogen-bond donors (Lipinski definition) is 1. The van der Waals surface area contributed by atoms with E-state index in [0.29, 0.717) is 24.2 Å². The van der Waals surface area contributed by atoms with Crippen molar-refractivity contribution in [3.8, 4) is 0 Å². The number of amides is 1. The van der Waals surface area contributed by atoms with Crippen molar-refractivity contribution in [2.45, 2.75) is 59.9 Å². The first-order valence-corrected chi connectivity index (χ1v) is 7.25. The summed E-state index contributed by atoms with van der Waals surface area (Å²) in [5.74, 6) is 1.34. The van der Waals surface area contributed by atoms with Crippen LogP contribution in [0, 0.1) is 17.3 Å². The molecule has 0 spiro atoms. The van der Waals surface area contributed by atoms with Crippen molar-refractivity contribution in [2.24, 2.45) is 23.0 Å². The number of nitrogens with zero attached hydrogens (tertiary/aromatic N) is 1. The van der Waals surface area contributed by atoms with Crippen LogP contribution in [0.2, 0.25) is 0 Å². The Morgan fingerprint density at radius 3 is 2.17 bits per heavy atom. The molecular formula is C15H30N2O. The number of carbonyl (C=O) groups excluding carboxylic acids is 1. The lowest BCUT2D eigenvalue weighted by molar-refractivity contribution is -0.134. The molecule has 0 aromatic rings. The molecule has 3 heteroatoms. The molecule has 2 unspecified atom stereocenters. The monoisotopic (exact) mass is 254 g/mol. The van der Waals surface area contributed by atoms with Crippen LogP contribution in [-0.2, 0) is 4.79 Å². The van der Waals surface area contributed by atoms with E-state index in [1.54, 1.807) is 0 Å². The number of rotatable bonds is 3. The third kappa shape index (κ3) is 4.27. The van der Waals surface area contributed by atoms with Crippen molar-refractivity contribution in [1.82, 2.24) is 4.90 Å². The van der Waals surface area contributed by atoms with Gasteiger partial charge in [0.2, 0.25) is 5.91 Å². The van der Waals surface area contributed by atoms with Gasteiger partial charge in [-0.1, -0.05) is 27.7 Å². The largest absolute Gasteiger partial charge is 0.343 e. The van der Waals surface area contributed by atoms with Crippen LogP contribution in [0.4, 0.5) is 0 Å². The molecule has 1 saturated heterocycles. The Kier molecular flexibility index (Phi) is 5.20. The van der Waals surface area contributed by atoms with Gasteiger partial charge in [-0.05, 0) is 37.0 Å². The first-order chi connectivity index (χ1) is 8.21. The molecule has 1 fully saturated rings. The molecule has 0 radical (unpaired) electrons. The summed E-state index contributed by atoms with van der Waals surface area (Å²) in [4.78, 5) is 14.3. The summed E-state index contributed by atoms with van der Waals surface area (Å²) < 4.78 is 0. The summed E-state index contributed by atoms with van der Waals surface area (Å²) >= 11 is 0. The van der Waals surface area contributed by atoms with E-state index in [0.717, 1.165) is 25.9 Å². The average molecular weight is 254 g/mol. The van der Waals surface area contributed by atoms with Gasteiger partial charge in [0.1, 0.15) is 0 Å². The lowest BCUT2D eigenvalue weighted by Gasteiger charge is -2.35. The fourth-order valence-corrected chi connectivity index (χ4v) is 2.37. The van der Waals surface area contributed by atoms with Crippen molar-refractivity contribution in [3.05, 3.63) is 0 Å². The van der Waals surface area contributed by atoms with E-state index >= 15 is 0 Å². The third-order valence-corrected chi connectivity index (χ3v) is 4.60. The Bertz CT molecular complexity index is 273. The Balaban J connectivity index is 2.41. The second-order valence-electron chi connectivity index (χ2n) is 7.05. The summed E-state index contributed by atoms with van der Waals surface area (Å²) in [7, 11) is 0. The van der Waals surface area contributed by atoms with Gasteiger partial charge in [0.15, 0.2) is 0 Å². The van der Waals surface area contributed by atoms with E-state index in [4.69, 9.17) is 5.73 Å². The van der Waals surface area contributed by atoms with Gasteiger partial charge in [-0.2, -0.15) is 0 Å². The SMILES string of the molecule is CC(N)C1CCN(C(=O)CC(C)C(C)(C)C)CC1. The third-order valence-electron chi connectivity index (χ3n) is 4.60. The van der Waals surface area contributed by atoms with Crippen molar-refractivity contribution in [1.29, 1.82) is 0 Å². The molecule has 2 N–H and O–H groups in total. The first-order valence-electron chi connectivity index (χ1n) is 7.25. The van der Waals surface area contributed by atoms with Gasteiger partial charge < -0.3 is 10.6 Å². The van der Waals surface area contributed by atoms with Crippen molar-refractivity contribution >= 4 is 5.91 Å². The molecule has 0 bridgehead atoms. The van der Waals surface area contributed by atoms with E-state index in [1.165, 1.54) is 0 Å². The topological polar surface area (TPSA) is 46.3 Å². The minimum atomic E-state index is 0.208. The molecule has 1 rings (SSSR count). The molecule has 0 aliphatic carbocycles. The predicted molar refractivity (Wildman–Crippen MR) is 76.2 cm³/mol. The fraction of sp³-hybridized carbons (Fsp3) is 0.933. The minimum absolute atomic E-state index is 0.208. The van der Waals surface area contributed by atoms with Crippen LogP contribution in [0.3, 0.4) is 0 Å². The quantitative estimate of drug-likeness (QED) is 0.841. The lowest BCUT2D eigenvalue weighted by atomic mass is 9.79. The molecule has 106 valence electrons. The predicted octanol–water partition coefficient (Wildman–Crippen LogP) is 2.64. The summed E-state index contributed by atoms with van der Waals surface area (Å²) in [6.45, 7) is 12.6. The summed E-state index contributed by atoms with van der Waals surface area (Å²) in [6, 6.07) is 0.260. The van der Waals surface area contributed by atoms with Gasteiger partial charge in [-0.25, -0.2) is 0 Å². The van der Waals surface area contributed by atoms with Crippen molar-refractivity contribution in [2.75, 3.05) is 13.1 Å². The summed E-state index contributed by atoms with van der Waals surface area (Å²) in [6.07, 6.45) is 2.80. The second kappa shape index (κ2) is 6.05. The van der Waals surface area contributed by atoms with E-state index in [1.807, 2.05) is 4.90 Å². The summed E-state index contributed by atoms with van der Waals surface area (Å²) in [5.41, 5.74) is 6.13. The fourth-order valence-electron chi connectivity index (χ4n) is 2.37. The Morgan fingerprint density at radius 2 is 1.78 bits per heavy atom. The molecule has 1 amide bonds. The van der Waals surface area contributed by atoms with E-state index in [2.05, 4.69) is 34.6 Å². The normalized spacial score (nSPS) is 21.8. The second-order valence-corrected chi connectivity index (χ2v) is 7.05. The van der Waals surface area contributed by atoms with Crippen LogP contribution in [0.5, 0.6) is 0 Å². The highest BCUT2D eigenvalue weighted by Crippen LogP contribution is 2.29. The van der Waals surface area contributed by atoms with Crippen LogP contribution >= 0.6 is 0 Å². The minimum Gasteiger partial charge on any atom is -0.343 e. The lowest BCUT2D eigenvalue weighted by Crippen LogP contribution is -2.43. The van der Waals surface area contributed by atoms with E-state index in [9.17, 15) is 4.79 Å². The average Bonchev–Trinajstić information content (AvgIpc) is 2.27. The van der Waals surface area contributed by atoms with Crippen molar-refractivity contribution < 1.29 is 4.79 Å². The van der Waals surface area contributed by atoms with Crippen molar-refractivity contribution in [3.63, 3.8) is 0 Å². The van der Waals surface area contributed by atoms with Gasteiger partial charge in [0.25, 0.3) is 0 Å². The highest BCUT2D eigenvalue weighted by Gasteiger charge is 2.28. The molecule has 0 saturated carbocycles. The van der Waals surface area contributed by atoms with Gasteiger partial charge in [0.05, 0.1) is 0 Å². The maximum absolute atomic E-state index is 12.2. The molecule has 18 heavy (non-hydrogen) atoms. The highest BCUT2D eigenvalue weighted by molar-refractivity contribution is 5.76. The molecule has 0 aromatic carbocycles. The van der Waals surface area contributed by atoms with Crippen LogP contribution in [0.1, 0.15) is 53.9 Å². The molecule has 1 aliphatic heterocycles. The van der Waals surface area contributed by atoms with Crippen LogP contribution in [0.25, 0.3) is 0 Å². The number of hydrogen-bond acceptors (Lipinski definition) is 2. The Morgan fingerprint density at radius 1 is 1.28 bits per heavy atom. The van der Waals surface area contributed by atoms with Gasteiger partial charge in [-0.15, -0.1) is 0 Å². The zero-order valence-electron chi connectivity index (χ0n) is 12.7. The maximum Gasteiger partial charge on any atom is 0.222 e. The molecule has 2 atom stereocenters. The van der Waals surface area contributed by atoms with E-state index in [-0.39, 0.29) is 11.5 Å². The smallest absolute Gasteiger partial charge is 0.222 e. The zero-order valence-corrected chi connectivity index (χ0v) is 12.7. The number of carbonyl (C=O) groups is 1. The number of piperidine rings is 1. The van der Waals surface area contributed by atoms with Crippen LogP contribution < -0.4 is 5.73 Å². The van der Waals surface area contributed by atoms with E-state index < -0.39 is 0 Å².